The van der Waals surface area contributed by atoms with Gasteiger partial charge in [0.25, 0.3) is 5.56 Å². The van der Waals surface area contributed by atoms with E-state index in [-0.39, 0.29) is 30.7 Å². The second-order valence-electron chi connectivity index (χ2n) is 9.19. The maximum absolute atomic E-state index is 13.3. The van der Waals surface area contributed by atoms with Gasteiger partial charge in [-0.1, -0.05) is 13.8 Å². The molecule has 0 atom stereocenters. The molecule has 1 aliphatic heterocycles. The molecule has 0 bridgehead atoms. The first kappa shape index (κ1) is 20.5. The zero-order valence-electron chi connectivity index (χ0n) is 17.8. The molecule has 32 heavy (non-hydrogen) atoms. The van der Waals surface area contributed by atoms with Gasteiger partial charge in [0.1, 0.15) is 12.9 Å². The molecule has 168 valence electrons. The van der Waals surface area contributed by atoms with E-state index in [2.05, 4.69) is 20.6 Å². The first-order valence-corrected chi connectivity index (χ1v) is 10.5. The van der Waals surface area contributed by atoms with E-state index in [1.165, 1.54) is 12.4 Å². The van der Waals surface area contributed by atoms with Crippen LogP contribution >= 0.6 is 0 Å². The Morgan fingerprint density at radius 1 is 1.25 bits per heavy atom. The van der Waals surface area contributed by atoms with Gasteiger partial charge >= 0.3 is 0 Å². The van der Waals surface area contributed by atoms with Crippen molar-refractivity contribution < 1.29 is 13.6 Å². The number of halogens is 2. The molecule has 0 radical (unpaired) electrons. The average Bonchev–Trinajstić information content (AvgIpc) is 3.12. The Morgan fingerprint density at radius 3 is 2.69 bits per heavy atom. The summed E-state index contributed by atoms with van der Waals surface area (Å²) < 4.78 is 29.4. The molecule has 2 fully saturated rings. The van der Waals surface area contributed by atoms with Gasteiger partial charge in [-0.15, -0.1) is 10.2 Å². The van der Waals surface area contributed by atoms with Crippen molar-refractivity contribution in [2.75, 3.05) is 23.3 Å². The highest BCUT2D eigenvalue weighted by molar-refractivity contribution is 5.90. The van der Waals surface area contributed by atoms with E-state index >= 15 is 0 Å². The number of carbonyl (C=O) groups excluding carboxylic acids is 1. The SMILES string of the molecule is CC(C)c1nn(CC(=O)Nc2ccc3nncn3c2)c(=O)cc1N1CC2(C1)CC(F)(F)C2. The molecule has 4 heterocycles. The third-order valence-corrected chi connectivity index (χ3v) is 6.08. The lowest BCUT2D eigenvalue weighted by Gasteiger charge is -2.59. The van der Waals surface area contributed by atoms with E-state index in [9.17, 15) is 18.4 Å². The number of nitrogens with zero attached hydrogens (tertiary/aromatic N) is 6. The molecule has 3 aromatic heterocycles. The minimum absolute atomic E-state index is 0.00422. The highest BCUT2D eigenvalue weighted by atomic mass is 19.3. The first-order chi connectivity index (χ1) is 15.1. The Hall–Kier alpha value is -3.37. The van der Waals surface area contributed by atoms with Crippen LogP contribution < -0.4 is 15.8 Å². The number of fused-ring (bicyclic) bond motifs is 1. The minimum Gasteiger partial charge on any atom is -0.369 e. The van der Waals surface area contributed by atoms with Crippen molar-refractivity contribution in [3.8, 4) is 0 Å². The largest absolute Gasteiger partial charge is 0.369 e. The second kappa shape index (κ2) is 7.07. The number of aromatic nitrogens is 5. The summed E-state index contributed by atoms with van der Waals surface area (Å²) in [4.78, 5) is 27.2. The van der Waals surface area contributed by atoms with Gasteiger partial charge in [-0.2, -0.15) is 5.10 Å². The smallest absolute Gasteiger partial charge is 0.269 e. The van der Waals surface area contributed by atoms with Gasteiger partial charge < -0.3 is 10.2 Å². The maximum Gasteiger partial charge on any atom is 0.269 e. The highest BCUT2D eigenvalue weighted by Gasteiger charge is 2.61. The standard InChI is InChI=1S/C21H23F2N7O2/c1-13(2)19-15(29-10-20(11-29)8-21(22,23)9-20)5-18(32)30(27-19)7-17(31)25-14-3-4-16-26-24-12-28(16)6-14/h3-6,12-13H,7-11H2,1-2H3,(H,25,31). The van der Waals surface area contributed by atoms with Crippen molar-refractivity contribution >= 4 is 22.9 Å². The molecule has 2 aliphatic rings. The Kier molecular flexibility index (Phi) is 4.54. The van der Waals surface area contributed by atoms with E-state index in [1.807, 2.05) is 18.7 Å². The van der Waals surface area contributed by atoms with Gasteiger partial charge in [-0.05, 0) is 18.1 Å². The van der Waals surface area contributed by atoms with Crippen LogP contribution in [0.2, 0.25) is 0 Å². The van der Waals surface area contributed by atoms with Gasteiger partial charge in [0.15, 0.2) is 5.65 Å². The van der Waals surface area contributed by atoms with Gasteiger partial charge in [0.05, 0.1) is 17.1 Å². The number of anilines is 2. The van der Waals surface area contributed by atoms with Crippen LogP contribution in [0.15, 0.2) is 35.5 Å². The fraction of sp³-hybridized carbons (Fsp3) is 0.476. The lowest BCUT2D eigenvalue weighted by atomic mass is 9.61. The lowest BCUT2D eigenvalue weighted by molar-refractivity contribution is -0.170. The summed E-state index contributed by atoms with van der Waals surface area (Å²) in [6, 6.07) is 4.88. The van der Waals surface area contributed by atoms with Crippen molar-refractivity contribution in [1.82, 2.24) is 24.4 Å². The molecule has 0 unspecified atom stereocenters. The number of alkyl halides is 2. The summed E-state index contributed by atoms with van der Waals surface area (Å²) in [5.74, 6) is -2.97. The number of hydrogen-bond acceptors (Lipinski definition) is 6. The van der Waals surface area contributed by atoms with Crippen LogP contribution in [0.3, 0.4) is 0 Å². The van der Waals surface area contributed by atoms with Gasteiger partial charge in [-0.25, -0.2) is 13.5 Å². The monoisotopic (exact) mass is 443 g/mol. The van der Waals surface area contributed by atoms with Crippen molar-refractivity contribution in [3.63, 3.8) is 0 Å². The number of nitrogens with one attached hydrogen (secondary N) is 1. The zero-order chi connectivity index (χ0) is 22.7. The van der Waals surface area contributed by atoms with Crippen LogP contribution in [0.4, 0.5) is 20.2 Å². The normalized spacial score (nSPS) is 18.6. The van der Waals surface area contributed by atoms with E-state index < -0.39 is 17.4 Å². The topological polar surface area (TPSA) is 97.4 Å². The molecule has 0 aromatic carbocycles. The quantitative estimate of drug-likeness (QED) is 0.650. The molecule has 9 nitrogen and oxygen atoms in total. The van der Waals surface area contributed by atoms with Crippen LogP contribution in [-0.2, 0) is 11.3 Å². The predicted molar refractivity (Wildman–Crippen MR) is 113 cm³/mol. The summed E-state index contributed by atoms with van der Waals surface area (Å²) in [6.45, 7) is 4.65. The number of amides is 1. The number of rotatable bonds is 5. The Balaban J connectivity index is 1.31. The summed E-state index contributed by atoms with van der Waals surface area (Å²) in [5.41, 5.74) is 1.77. The Bertz CT molecular complexity index is 1250. The molecular weight excluding hydrogens is 420 g/mol. The highest BCUT2D eigenvalue weighted by Crippen LogP contribution is 2.57. The molecule has 5 rings (SSSR count). The maximum atomic E-state index is 13.3. The summed E-state index contributed by atoms with van der Waals surface area (Å²) in [6.07, 6.45) is 3.00. The zero-order valence-corrected chi connectivity index (χ0v) is 17.8. The number of hydrogen-bond donors (Lipinski definition) is 1. The fourth-order valence-electron chi connectivity index (χ4n) is 4.71. The average molecular weight is 443 g/mol. The van der Waals surface area contributed by atoms with Crippen molar-refractivity contribution in [3.05, 3.63) is 46.8 Å². The number of carbonyl (C=O) groups is 1. The molecule has 1 saturated heterocycles. The Morgan fingerprint density at radius 2 is 2.00 bits per heavy atom. The van der Waals surface area contributed by atoms with E-state index in [1.54, 1.807) is 22.7 Å². The molecule has 1 aliphatic carbocycles. The third-order valence-electron chi connectivity index (χ3n) is 6.08. The predicted octanol–water partition coefficient (Wildman–Crippen LogP) is 2.28. The number of pyridine rings is 1. The molecule has 1 amide bonds. The van der Waals surface area contributed by atoms with Crippen LogP contribution in [0.1, 0.15) is 38.3 Å². The summed E-state index contributed by atoms with van der Waals surface area (Å²) >= 11 is 0. The van der Waals surface area contributed by atoms with Crippen molar-refractivity contribution in [2.24, 2.45) is 5.41 Å². The first-order valence-electron chi connectivity index (χ1n) is 10.5. The second-order valence-corrected chi connectivity index (χ2v) is 9.19. The van der Waals surface area contributed by atoms with Crippen LogP contribution in [0.5, 0.6) is 0 Å². The molecule has 3 aromatic rings. The van der Waals surface area contributed by atoms with Crippen LogP contribution in [-0.4, -0.2) is 49.3 Å². The van der Waals surface area contributed by atoms with Crippen molar-refractivity contribution in [1.29, 1.82) is 0 Å². The molecule has 1 saturated carbocycles. The van der Waals surface area contributed by atoms with Crippen LogP contribution in [0.25, 0.3) is 5.65 Å². The van der Waals surface area contributed by atoms with E-state index in [0.29, 0.717) is 35.8 Å². The fourth-order valence-corrected chi connectivity index (χ4v) is 4.71. The summed E-state index contributed by atoms with van der Waals surface area (Å²) in [7, 11) is 0. The lowest BCUT2D eigenvalue weighted by Crippen LogP contribution is -2.66. The van der Waals surface area contributed by atoms with Crippen molar-refractivity contribution in [2.45, 2.75) is 45.1 Å². The molecule has 1 N–H and O–H groups in total. The third kappa shape index (κ3) is 3.61. The van der Waals surface area contributed by atoms with Gasteiger partial charge in [0.2, 0.25) is 11.8 Å². The van der Waals surface area contributed by atoms with Gasteiger partial charge in [-0.3, -0.25) is 14.0 Å². The van der Waals surface area contributed by atoms with E-state index in [4.69, 9.17) is 0 Å². The molecule has 1 spiro atoms. The molecular formula is C21H23F2N7O2. The summed E-state index contributed by atoms with van der Waals surface area (Å²) in [5, 5.41) is 14.9. The van der Waals surface area contributed by atoms with Gasteiger partial charge in [0, 0.05) is 43.6 Å². The minimum atomic E-state index is -2.57. The Labute approximate surface area is 182 Å². The van der Waals surface area contributed by atoms with E-state index in [0.717, 1.165) is 4.68 Å². The van der Waals surface area contributed by atoms with Crippen LogP contribution in [0, 0.1) is 5.41 Å². The molecule has 11 heteroatoms.